The minimum atomic E-state index is 0.448. The number of hydrogen-bond acceptors (Lipinski definition) is 5. The molecular formula is C15H12ClN5. The third-order valence-electron chi connectivity index (χ3n) is 2.85. The predicted molar refractivity (Wildman–Crippen MR) is 84.4 cm³/mol. The van der Waals surface area contributed by atoms with E-state index in [0.29, 0.717) is 22.3 Å². The molecule has 5 nitrogen and oxygen atoms in total. The number of hydrogen-bond donors (Lipinski definition) is 2. The first-order chi connectivity index (χ1) is 10.2. The van der Waals surface area contributed by atoms with Gasteiger partial charge in [-0.1, -0.05) is 11.6 Å². The Morgan fingerprint density at radius 2 is 2.00 bits per heavy atom. The number of nitrogens with two attached hydrogens (primary N) is 1. The van der Waals surface area contributed by atoms with E-state index >= 15 is 0 Å². The number of pyridine rings is 1. The van der Waals surface area contributed by atoms with Gasteiger partial charge in [-0.25, -0.2) is 9.97 Å². The predicted octanol–water partition coefficient (Wildman–Crippen LogP) is 3.52. The van der Waals surface area contributed by atoms with Gasteiger partial charge in [0.1, 0.15) is 0 Å². The molecule has 0 radical (unpaired) electrons. The molecule has 104 valence electrons. The average Bonchev–Trinajstić information content (AvgIpc) is 2.52. The number of benzene rings is 1. The zero-order chi connectivity index (χ0) is 14.7. The Kier molecular flexibility index (Phi) is 3.66. The number of rotatable bonds is 3. The summed E-state index contributed by atoms with van der Waals surface area (Å²) in [7, 11) is 0. The average molecular weight is 298 g/mol. The van der Waals surface area contributed by atoms with Crippen LogP contribution in [0.1, 0.15) is 0 Å². The van der Waals surface area contributed by atoms with Crippen LogP contribution in [0, 0.1) is 0 Å². The largest absolute Gasteiger partial charge is 0.399 e. The molecule has 6 heteroatoms. The third-order valence-corrected chi connectivity index (χ3v) is 3.18. The highest BCUT2D eigenvalue weighted by atomic mass is 35.5. The Morgan fingerprint density at radius 1 is 1.10 bits per heavy atom. The summed E-state index contributed by atoms with van der Waals surface area (Å²) in [5, 5.41) is 3.62. The number of nitrogens with one attached hydrogen (secondary N) is 1. The minimum Gasteiger partial charge on any atom is -0.399 e. The first-order valence-electron chi connectivity index (χ1n) is 6.28. The highest BCUT2D eigenvalue weighted by molar-refractivity contribution is 6.33. The maximum atomic E-state index is 6.12. The molecule has 2 heterocycles. The SMILES string of the molecule is Nc1ccc(Cl)c(Nc2nccc(-c3cccnc3)n2)c1. The van der Waals surface area contributed by atoms with E-state index in [2.05, 4.69) is 20.3 Å². The summed E-state index contributed by atoms with van der Waals surface area (Å²) >= 11 is 6.12. The number of halogens is 1. The van der Waals surface area contributed by atoms with E-state index in [1.165, 1.54) is 0 Å². The molecule has 0 saturated carbocycles. The molecule has 0 atom stereocenters. The van der Waals surface area contributed by atoms with Crippen molar-refractivity contribution >= 4 is 28.9 Å². The molecule has 3 aromatic rings. The fourth-order valence-electron chi connectivity index (χ4n) is 1.85. The van der Waals surface area contributed by atoms with Gasteiger partial charge in [-0.15, -0.1) is 0 Å². The van der Waals surface area contributed by atoms with Crippen LogP contribution in [0.5, 0.6) is 0 Å². The van der Waals surface area contributed by atoms with Crippen LogP contribution >= 0.6 is 11.6 Å². The van der Waals surface area contributed by atoms with Gasteiger partial charge in [0, 0.05) is 29.8 Å². The molecule has 2 aromatic heterocycles. The van der Waals surface area contributed by atoms with Crippen LogP contribution in [0.4, 0.5) is 17.3 Å². The van der Waals surface area contributed by atoms with Gasteiger partial charge in [0.2, 0.25) is 5.95 Å². The quantitative estimate of drug-likeness (QED) is 0.723. The van der Waals surface area contributed by atoms with Gasteiger partial charge in [0.25, 0.3) is 0 Å². The van der Waals surface area contributed by atoms with Crippen LogP contribution in [0.15, 0.2) is 55.0 Å². The molecule has 3 N–H and O–H groups in total. The van der Waals surface area contributed by atoms with Crippen molar-refractivity contribution in [2.75, 3.05) is 11.1 Å². The van der Waals surface area contributed by atoms with Gasteiger partial charge < -0.3 is 11.1 Å². The highest BCUT2D eigenvalue weighted by Crippen LogP contribution is 2.26. The maximum Gasteiger partial charge on any atom is 0.227 e. The molecule has 0 amide bonds. The van der Waals surface area contributed by atoms with E-state index in [1.807, 2.05) is 18.2 Å². The standard InChI is InChI=1S/C15H12ClN5/c16-12-4-3-11(17)8-14(12)21-15-19-7-5-13(20-15)10-2-1-6-18-9-10/h1-9H,17H2,(H,19,20,21). The lowest BCUT2D eigenvalue weighted by atomic mass is 10.2. The number of anilines is 3. The van der Waals surface area contributed by atoms with E-state index < -0.39 is 0 Å². The molecule has 1 aromatic carbocycles. The second-order valence-electron chi connectivity index (χ2n) is 4.37. The van der Waals surface area contributed by atoms with Gasteiger partial charge in [-0.2, -0.15) is 0 Å². The summed E-state index contributed by atoms with van der Waals surface area (Å²) in [6.07, 6.45) is 5.15. The molecule has 0 aliphatic rings. The minimum absolute atomic E-state index is 0.448. The zero-order valence-electron chi connectivity index (χ0n) is 11.0. The van der Waals surface area contributed by atoms with Crippen LogP contribution in [-0.2, 0) is 0 Å². The van der Waals surface area contributed by atoms with Gasteiger partial charge in [-0.3, -0.25) is 4.98 Å². The number of nitrogen functional groups attached to an aromatic ring is 1. The second-order valence-corrected chi connectivity index (χ2v) is 4.78. The first-order valence-corrected chi connectivity index (χ1v) is 6.66. The Labute approximate surface area is 126 Å². The molecular weight excluding hydrogens is 286 g/mol. The van der Waals surface area contributed by atoms with Gasteiger partial charge >= 0.3 is 0 Å². The van der Waals surface area contributed by atoms with Crippen LogP contribution in [0.25, 0.3) is 11.3 Å². The Bertz CT molecular complexity index is 761. The van der Waals surface area contributed by atoms with Crippen LogP contribution < -0.4 is 11.1 Å². The molecule has 0 saturated heterocycles. The summed E-state index contributed by atoms with van der Waals surface area (Å²) in [6, 6.07) is 10.8. The van der Waals surface area contributed by atoms with Crippen molar-refractivity contribution in [3.05, 3.63) is 60.0 Å². The number of aromatic nitrogens is 3. The highest BCUT2D eigenvalue weighted by Gasteiger charge is 2.05. The molecule has 3 rings (SSSR count). The van der Waals surface area contributed by atoms with E-state index in [4.69, 9.17) is 17.3 Å². The Balaban J connectivity index is 1.92. The fourth-order valence-corrected chi connectivity index (χ4v) is 2.02. The lowest BCUT2D eigenvalue weighted by Gasteiger charge is -2.08. The molecule has 0 unspecified atom stereocenters. The van der Waals surface area contributed by atoms with Gasteiger partial charge in [0.15, 0.2) is 0 Å². The molecule has 21 heavy (non-hydrogen) atoms. The van der Waals surface area contributed by atoms with Crippen molar-refractivity contribution in [1.29, 1.82) is 0 Å². The smallest absolute Gasteiger partial charge is 0.227 e. The molecule has 0 spiro atoms. The molecule has 0 aliphatic heterocycles. The maximum absolute atomic E-state index is 6.12. The second kappa shape index (κ2) is 5.76. The van der Waals surface area contributed by atoms with E-state index in [1.54, 1.807) is 36.8 Å². The Hall–Kier alpha value is -2.66. The monoisotopic (exact) mass is 297 g/mol. The van der Waals surface area contributed by atoms with Crippen molar-refractivity contribution < 1.29 is 0 Å². The Morgan fingerprint density at radius 3 is 2.81 bits per heavy atom. The van der Waals surface area contributed by atoms with Crippen LogP contribution in [0.3, 0.4) is 0 Å². The van der Waals surface area contributed by atoms with Crippen molar-refractivity contribution in [2.24, 2.45) is 0 Å². The van der Waals surface area contributed by atoms with Crippen molar-refractivity contribution in [3.8, 4) is 11.3 Å². The van der Waals surface area contributed by atoms with E-state index in [0.717, 1.165) is 11.3 Å². The van der Waals surface area contributed by atoms with Crippen molar-refractivity contribution in [1.82, 2.24) is 15.0 Å². The van der Waals surface area contributed by atoms with Crippen LogP contribution in [0.2, 0.25) is 5.02 Å². The van der Waals surface area contributed by atoms with E-state index in [9.17, 15) is 0 Å². The molecule has 0 fully saturated rings. The summed E-state index contributed by atoms with van der Waals surface area (Å²) < 4.78 is 0. The summed E-state index contributed by atoms with van der Waals surface area (Å²) in [6.45, 7) is 0. The summed E-state index contributed by atoms with van der Waals surface area (Å²) in [5.41, 5.74) is 8.73. The lowest BCUT2D eigenvalue weighted by Crippen LogP contribution is -1.99. The van der Waals surface area contributed by atoms with Gasteiger partial charge in [0.05, 0.1) is 16.4 Å². The zero-order valence-corrected chi connectivity index (χ0v) is 11.7. The topological polar surface area (TPSA) is 76.7 Å². The van der Waals surface area contributed by atoms with Crippen LogP contribution in [-0.4, -0.2) is 15.0 Å². The fraction of sp³-hybridized carbons (Fsp3) is 0. The number of nitrogens with zero attached hydrogens (tertiary/aromatic N) is 3. The molecule has 0 aliphatic carbocycles. The third kappa shape index (κ3) is 3.09. The summed E-state index contributed by atoms with van der Waals surface area (Å²) in [5.74, 6) is 0.448. The van der Waals surface area contributed by atoms with Gasteiger partial charge in [-0.05, 0) is 36.4 Å². The molecule has 0 bridgehead atoms. The lowest BCUT2D eigenvalue weighted by molar-refractivity contribution is 1.16. The van der Waals surface area contributed by atoms with E-state index in [-0.39, 0.29) is 0 Å². The first kappa shape index (κ1) is 13.3. The normalized spacial score (nSPS) is 10.3. The van der Waals surface area contributed by atoms with Crippen molar-refractivity contribution in [3.63, 3.8) is 0 Å². The summed E-state index contributed by atoms with van der Waals surface area (Å²) in [4.78, 5) is 12.7. The van der Waals surface area contributed by atoms with Crippen molar-refractivity contribution in [2.45, 2.75) is 0 Å².